The minimum Gasteiger partial charge on any atom is -0.289 e. The highest BCUT2D eigenvalue weighted by molar-refractivity contribution is 5.98. The van der Waals surface area contributed by atoms with Crippen LogP contribution in [0, 0.1) is 0 Å². The zero-order valence-electron chi connectivity index (χ0n) is 8.61. The Morgan fingerprint density at radius 1 is 1.60 bits per heavy atom. The summed E-state index contributed by atoms with van der Waals surface area (Å²) in [7, 11) is 0. The number of amides is 1. The molecule has 1 N–H and O–H groups in total. The van der Waals surface area contributed by atoms with Gasteiger partial charge in [-0.05, 0) is 10.8 Å². The van der Waals surface area contributed by atoms with Crippen LogP contribution in [-0.4, -0.2) is 17.0 Å². The van der Waals surface area contributed by atoms with E-state index >= 15 is 0 Å². The van der Waals surface area contributed by atoms with Crippen LogP contribution in [0.15, 0.2) is 17.2 Å². The molecule has 80 valence electrons. The first-order valence-electron chi connectivity index (χ1n) is 4.35. The third-order valence-corrected chi connectivity index (χ3v) is 1.63. The molecule has 6 heteroatoms. The quantitative estimate of drug-likeness (QED) is 0.441. The lowest BCUT2D eigenvalue weighted by Gasteiger charge is -1.92. The van der Waals surface area contributed by atoms with Crippen molar-refractivity contribution < 1.29 is 18.8 Å². The molecule has 0 saturated carbocycles. The van der Waals surface area contributed by atoms with E-state index in [4.69, 9.17) is 4.52 Å². The highest BCUT2D eigenvalue weighted by Crippen LogP contribution is 2.10. The Morgan fingerprint density at radius 2 is 2.27 bits per heavy atom. The van der Waals surface area contributed by atoms with Gasteiger partial charge >= 0.3 is 11.6 Å². The van der Waals surface area contributed by atoms with E-state index in [0.717, 1.165) is 0 Å². The molecule has 1 heterocycles. The van der Waals surface area contributed by atoms with Crippen LogP contribution >= 0.6 is 0 Å². The first-order chi connectivity index (χ1) is 7.06. The van der Waals surface area contributed by atoms with Crippen LogP contribution in [0.2, 0.25) is 0 Å². The highest BCUT2D eigenvalue weighted by atomic mass is 16.5. The Hall–Kier alpha value is -1.98. The maximum atomic E-state index is 11.3. The predicted molar refractivity (Wildman–Crippen MR) is 51.2 cm³/mol. The lowest BCUT2D eigenvalue weighted by Crippen LogP contribution is -2.40. The average molecular weight is 210 g/mol. The number of aromatic nitrogens is 2. The van der Waals surface area contributed by atoms with Crippen molar-refractivity contribution in [3.05, 3.63) is 18.3 Å². The third-order valence-electron chi connectivity index (χ3n) is 1.63. The lowest BCUT2D eigenvalue weighted by molar-refractivity contribution is -0.754. The normalized spacial score (nSPS) is 9.73. The number of carbonyl (C=O) groups is 2. The zero-order valence-corrected chi connectivity index (χ0v) is 8.61. The van der Waals surface area contributed by atoms with E-state index < -0.39 is 0 Å². The van der Waals surface area contributed by atoms with Crippen LogP contribution < -0.4 is 10.00 Å². The largest absolute Gasteiger partial charge is 0.340 e. The molecule has 0 aliphatic heterocycles. The van der Waals surface area contributed by atoms with Gasteiger partial charge in [0, 0.05) is 13.8 Å². The van der Waals surface area contributed by atoms with Crippen LogP contribution in [0.5, 0.6) is 0 Å². The summed E-state index contributed by atoms with van der Waals surface area (Å²) in [5, 5.41) is 6.00. The second-order valence-electron chi connectivity index (χ2n) is 2.96. The summed E-state index contributed by atoms with van der Waals surface area (Å²) < 4.78 is 6.17. The smallest absolute Gasteiger partial charge is 0.289 e. The van der Waals surface area contributed by atoms with E-state index in [2.05, 4.69) is 17.2 Å². The molecule has 1 aromatic heterocycles. The second kappa shape index (κ2) is 4.50. The molecule has 0 radical (unpaired) electrons. The van der Waals surface area contributed by atoms with E-state index in [1.165, 1.54) is 18.5 Å². The SMILES string of the molecule is C=CC[n+]1noc(NC(C)=O)c1C(C)=O. The number of hydrogen-bond acceptors (Lipinski definition) is 4. The summed E-state index contributed by atoms with van der Waals surface area (Å²) in [6, 6.07) is 0. The van der Waals surface area contributed by atoms with E-state index in [-0.39, 0.29) is 23.3 Å². The summed E-state index contributed by atoms with van der Waals surface area (Å²) in [6.45, 7) is 6.57. The first kappa shape index (κ1) is 11.1. The van der Waals surface area contributed by atoms with Gasteiger partial charge < -0.3 is 0 Å². The van der Waals surface area contributed by atoms with Crippen molar-refractivity contribution in [3.8, 4) is 0 Å². The first-order valence-corrected chi connectivity index (χ1v) is 4.35. The molecule has 0 aromatic carbocycles. The molecule has 0 atom stereocenters. The fraction of sp³-hybridized carbons (Fsp3) is 0.333. The molecule has 1 rings (SSSR count). The van der Waals surface area contributed by atoms with Crippen LogP contribution in [-0.2, 0) is 11.3 Å². The topological polar surface area (TPSA) is 76.1 Å². The van der Waals surface area contributed by atoms with Crippen LogP contribution in [0.25, 0.3) is 0 Å². The van der Waals surface area contributed by atoms with Crippen molar-refractivity contribution in [1.29, 1.82) is 0 Å². The van der Waals surface area contributed by atoms with Crippen molar-refractivity contribution in [2.75, 3.05) is 5.32 Å². The van der Waals surface area contributed by atoms with E-state index in [9.17, 15) is 9.59 Å². The Kier molecular flexibility index (Phi) is 3.33. The minimum absolute atomic E-state index is 0.0665. The molecule has 1 amide bonds. The Bertz CT molecular complexity index is 409. The third kappa shape index (κ3) is 2.49. The molecule has 15 heavy (non-hydrogen) atoms. The number of rotatable bonds is 4. The number of Topliss-reactive ketones (excluding diaryl/α,β-unsaturated/α-hetero) is 1. The van der Waals surface area contributed by atoms with E-state index in [1.54, 1.807) is 6.08 Å². The van der Waals surface area contributed by atoms with Crippen molar-refractivity contribution in [2.24, 2.45) is 0 Å². The van der Waals surface area contributed by atoms with Gasteiger partial charge in [-0.1, -0.05) is 6.58 Å². The molecular weight excluding hydrogens is 198 g/mol. The molecule has 0 aliphatic carbocycles. The maximum absolute atomic E-state index is 11.3. The molecule has 1 aromatic rings. The Balaban J connectivity index is 3.11. The van der Waals surface area contributed by atoms with E-state index in [1.807, 2.05) is 0 Å². The van der Waals surface area contributed by atoms with Gasteiger partial charge in [0.15, 0.2) is 6.54 Å². The summed E-state index contributed by atoms with van der Waals surface area (Å²) in [6.07, 6.45) is 1.58. The number of anilines is 1. The fourth-order valence-corrected chi connectivity index (χ4v) is 1.12. The van der Waals surface area contributed by atoms with Crippen molar-refractivity contribution in [3.63, 3.8) is 0 Å². The van der Waals surface area contributed by atoms with Gasteiger partial charge in [-0.3, -0.25) is 19.4 Å². The van der Waals surface area contributed by atoms with Crippen LogP contribution in [0.1, 0.15) is 24.3 Å². The zero-order chi connectivity index (χ0) is 11.4. The number of nitrogens with one attached hydrogen (secondary N) is 1. The Labute approximate surface area is 86.5 Å². The van der Waals surface area contributed by atoms with Crippen LogP contribution in [0.3, 0.4) is 0 Å². The van der Waals surface area contributed by atoms with Gasteiger partial charge in [0.1, 0.15) is 0 Å². The predicted octanol–water partition coefficient (Wildman–Crippen LogP) is 0.309. The lowest BCUT2D eigenvalue weighted by atomic mass is 10.3. The molecule has 0 bridgehead atoms. The van der Waals surface area contributed by atoms with Gasteiger partial charge in [0.2, 0.25) is 17.0 Å². The van der Waals surface area contributed by atoms with Crippen molar-refractivity contribution in [2.45, 2.75) is 20.4 Å². The average Bonchev–Trinajstić information content (AvgIpc) is 2.47. The second-order valence-corrected chi connectivity index (χ2v) is 2.96. The number of allylic oxidation sites excluding steroid dienone is 1. The summed E-state index contributed by atoms with van der Waals surface area (Å²) >= 11 is 0. The Morgan fingerprint density at radius 3 is 2.73 bits per heavy atom. The summed E-state index contributed by atoms with van der Waals surface area (Å²) in [5.41, 5.74) is 0.227. The summed E-state index contributed by atoms with van der Waals surface area (Å²) in [5.74, 6) is -0.488. The number of nitrogens with zero attached hydrogens (tertiary/aromatic N) is 2. The van der Waals surface area contributed by atoms with Crippen molar-refractivity contribution in [1.82, 2.24) is 5.27 Å². The monoisotopic (exact) mass is 210 g/mol. The fourth-order valence-electron chi connectivity index (χ4n) is 1.12. The molecule has 0 saturated heterocycles. The minimum atomic E-state index is -0.320. The van der Waals surface area contributed by atoms with Gasteiger partial charge in [0.05, 0.1) is 0 Å². The van der Waals surface area contributed by atoms with Gasteiger partial charge in [-0.2, -0.15) is 0 Å². The molecule has 0 spiro atoms. The standard InChI is InChI=1S/C9H11N3O3/c1-4-5-12-8(6(2)13)9(15-11-12)10-7(3)14/h4H,1,5H2,2-3H3/p+1. The number of ketones is 1. The van der Waals surface area contributed by atoms with Gasteiger partial charge in [-0.25, -0.2) is 0 Å². The molecule has 0 fully saturated rings. The molecular formula is C9H12N3O3+. The van der Waals surface area contributed by atoms with Crippen molar-refractivity contribution >= 4 is 17.6 Å². The van der Waals surface area contributed by atoms with Gasteiger partial charge in [0.25, 0.3) is 0 Å². The molecule has 0 aliphatic rings. The maximum Gasteiger partial charge on any atom is 0.340 e. The van der Waals surface area contributed by atoms with Crippen LogP contribution in [0.4, 0.5) is 5.88 Å². The summed E-state index contributed by atoms with van der Waals surface area (Å²) in [4.78, 5) is 22.1. The molecule has 6 nitrogen and oxygen atoms in total. The number of carbonyl (C=O) groups excluding carboxylic acids is 2. The number of hydrogen-bond donors (Lipinski definition) is 1. The van der Waals surface area contributed by atoms with Gasteiger partial charge in [-0.15, -0.1) is 0 Å². The van der Waals surface area contributed by atoms with E-state index in [0.29, 0.717) is 6.54 Å². The molecule has 0 unspecified atom stereocenters. The highest BCUT2D eigenvalue weighted by Gasteiger charge is 2.28.